The number of benzene rings is 1. The highest BCUT2D eigenvalue weighted by Crippen LogP contribution is 2.54. The summed E-state index contributed by atoms with van der Waals surface area (Å²) in [5.74, 6) is 0.942. The largest absolute Gasteiger partial charge is 0.497 e. The van der Waals surface area contributed by atoms with Gasteiger partial charge in [0.15, 0.2) is 0 Å². The fourth-order valence-corrected chi connectivity index (χ4v) is 2.22. The summed E-state index contributed by atoms with van der Waals surface area (Å²) in [7, 11) is 3.75. The Morgan fingerprint density at radius 3 is 2.67 bits per heavy atom. The van der Waals surface area contributed by atoms with E-state index in [1.165, 1.54) is 18.4 Å². The molecule has 1 fully saturated rings. The molecule has 1 N–H and O–H groups in total. The Hall–Kier alpha value is -1.02. The van der Waals surface area contributed by atoms with E-state index in [1.807, 2.05) is 13.1 Å². The number of hydrogen-bond donors (Lipinski definition) is 1. The van der Waals surface area contributed by atoms with Gasteiger partial charge in [-0.2, -0.15) is 0 Å². The zero-order valence-electron chi connectivity index (χ0n) is 9.71. The maximum absolute atomic E-state index is 5.25. The summed E-state index contributed by atoms with van der Waals surface area (Å²) in [6.07, 6.45) is 2.63. The van der Waals surface area contributed by atoms with E-state index in [-0.39, 0.29) is 0 Å². The molecule has 0 saturated heterocycles. The average Bonchev–Trinajstić information content (AvgIpc) is 2.98. The lowest BCUT2D eigenvalue weighted by Crippen LogP contribution is -2.24. The number of rotatable bonds is 4. The third-order valence-electron chi connectivity index (χ3n) is 3.45. The second-order valence-electron chi connectivity index (χ2n) is 4.65. The van der Waals surface area contributed by atoms with E-state index in [4.69, 9.17) is 4.74 Å². The first kappa shape index (κ1) is 10.5. The van der Waals surface area contributed by atoms with Gasteiger partial charge in [-0.1, -0.05) is 19.1 Å². The van der Waals surface area contributed by atoms with E-state index < -0.39 is 0 Å². The van der Waals surface area contributed by atoms with E-state index in [2.05, 4.69) is 30.4 Å². The summed E-state index contributed by atoms with van der Waals surface area (Å²) in [6.45, 7) is 2.34. The van der Waals surface area contributed by atoms with Gasteiger partial charge in [-0.05, 0) is 43.0 Å². The number of nitrogens with one attached hydrogen (secondary N) is 1. The molecule has 0 radical (unpaired) electrons. The molecule has 0 aliphatic heterocycles. The van der Waals surface area contributed by atoms with Gasteiger partial charge >= 0.3 is 0 Å². The van der Waals surface area contributed by atoms with Crippen molar-refractivity contribution >= 4 is 0 Å². The Morgan fingerprint density at radius 2 is 2.13 bits per heavy atom. The van der Waals surface area contributed by atoms with Crippen LogP contribution < -0.4 is 10.1 Å². The fraction of sp³-hybridized carbons (Fsp3) is 0.538. The Labute approximate surface area is 91.6 Å². The van der Waals surface area contributed by atoms with E-state index in [0.29, 0.717) is 11.5 Å². The molecule has 1 aromatic rings. The maximum atomic E-state index is 5.25. The molecule has 15 heavy (non-hydrogen) atoms. The van der Waals surface area contributed by atoms with Crippen molar-refractivity contribution in [3.63, 3.8) is 0 Å². The molecule has 2 rings (SSSR count). The lowest BCUT2D eigenvalue weighted by atomic mass is 9.92. The van der Waals surface area contributed by atoms with Gasteiger partial charge in [-0.3, -0.25) is 0 Å². The zero-order chi connectivity index (χ0) is 10.9. The lowest BCUT2D eigenvalue weighted by Gasteiger charge is -2.23. The molecule has 0 amide bonds. The maximum Gasteiger partial charge on any atom is 0.119 e. The average molecular weight is 205 g/mol. The fourth-order valence-electron chi connectivity index (χ4n) is 2.22. The van der Waals surface area contributed by atoms with Crippen LogP contribution in [0, 0.1) is 5.41 Å². The summed E-state index contributed by atoms with van der Waals surface area (Å²) in [5, 5.41) is 3.42. The van der Waals surface area contributed by atoms with Crippen LogP contribution in [0.15, 0.2) is 24.3 Å². The first-order valence-corrected chi connectivity index (χ1v) is 5.51. The molecule has 0 bridgehead atoms. The summed E-state index contributed by atoms with van der Waals surface area (Å²) >= 11 is 0. The van der Waals surface area contributed by atoms with Crippen LogP contribution in [0.25, 0.3) is 0 Å². The van der Waals surface area contributed by atoms with Crippen LogP contribution in [0.4, 0.5) is 0 Å². The molecule has 2 nitrogen and oxygen atoms in total. The molecule has 1 aromatic carbocycles. The Bertz CT molecular complexity index is 344. The van der Waals surface area contributed by atoms with E-state index in [0.717, 1.165) is 5.75 Å². The molecule has 1 saturated carbocycles. The van der Waals surface area contributed by atoms with Crippen LogP contribution in [-0.4, -0.2) is 14.2 Å². The van der Waals surface area contributed by atoms with E-state index >= 15 is 0 Å². The Kier molecular flexibility index (Phi) is 2.70. The molecule has 1 atom stereocenters. The van der Waals surface area contributed by atoms with Crippen LogP contribution in [0.3, 0.4) is 0 Å². The van der Waals surface area contributed by atoms with Crippen molar-refractivity contribution in [3.05, 3.63) is 29.8 Å². The standard InChI is InChI=1S/C13H19NO/c1-13(7-8-13)12(14-2)10-5-4-6-11(9-10)15-3/h4-6,9,12,14H,7-8H2,1-3H3. The smallest absolute Gasteiger partial charge is 0.119 e. The van der Waals surface area contributed by atoms with Crippen molar-refractivity contribution in [2.24, 2.45) is 5.41 Å². The van der Waals surface area contributed by atoms with Crippen molar-refractivity contribution in [1.82, 2.24) is 5.32 Å². The number of hydrogen-bond acceptors (Lipinski definition) is 2. The van der Waals surface area contributed by atoms with Crippen molar-refractivity contribution in [1.29, 1.82) is 0 Å². The second kappa shape index (κ2) is 3.86. The van der Waals surface area contributed by atoms with Gasteiger partial charge in [-0.15, -0.1) is 0 Å². The molecule has 82 valence electrons. The highest BCUT2D eigenvalue weighted by Gasteiger charge is 2.44. The van der Waals surface area contributed by atoms with Gasteiger partial charge in [0.05, 0.1) is 7.11 Å². The normalized spacial score (nSPS) is 19.7. The first-order chi connectivity index (χ1) is 7.19. The number of ether oxygens (including phenoxy) is 1. The van der Waals surface area contributed by atoms with E-state index in [9.17, 15) is 0 Å². The quantitative estimate of drug-likeness (QED) is 0.816. The van der Waals surface area contributed by atoms with E-state index in [1.54, 1.807) is 7.11 Å². The minimum atomic E-state index is 0.446. The Morgan fingerprint density at radius 1 is 1.40 bits per heavy atom. The van der Waals surface area contributed by atoms with Crippen molar-refractivity contribution in [2.45, 2.75) is 25.8 Å². The molecule has 1 unspecified atom stereocenters. The molecule has 0 aromatic heterocycles. The molecule has 2 heteroatoms. The molecular weight excluding hydrogens is 186 g/mol. The summed E-state index contributed by atoms with van der Waals surface area (Å²) in [5.41, 5.74) is 1.78. The number of methoxy groups -OCH3 is 1. The Balaban J connectivity index is 2.26. The highest BCUT2D eigenvalue weighted by molar-refractivity contribution is 5.32. The molecule has 0 heterocycles. The zero-order valence-corrected chi connectivity index (χ0v) is 9.71. The minimum absolute atomic E-state index is 0.446. The third-order valence-corrected chi connectivity index (χ3v) is 3.45. The monoisotopic (exact) mass is 205 g/mol. The lowest BCUT2D eigenvalue weighted by molar-refractivity contribution is 0.384. The first-order valence-electron chi connectivity index (χ1n) is 5.51. The third kappa shape index (κ3) is 2.00. The van der Waals surface area contributed by atoms with Crippen LogP contribution in [0.2, 0.25) is 0 Å². The van der Waals surface area contributed by atoms with Gasteiger partial charge in [-0.25, -0.2) is 0 Å². The summed E-state index contributed by atoms with van der Waals surface area (Å²) in [4.78, 5) is 0. The van der Waals surface area contributed by atoms with Crippen molar-refractivity contribution in [3.8, 4) is 5.75 Å². The minimum Gasteiger partial charge on any atom is -0.497 e. The van der Waals surface area contributed by atoms with Gasteiger partial charge in [0.1, 0.15) is 5.75 Å². The van der Waals surface area contributed by atoms with Crippen LogP contribution in [-0.2, 0) is 0 Å². The summed E-state index contributed by atoms with van der Waals surface area (Å²) < 4.78 is 5.25. The van der Waals surface area contributed by atoms with Crippen molar-refractivity contribution in [2.75, 3.05) is 14.2 Å². The molecule has 0 spiro atoms. The summed E-state index contributed by atoms with van der Waals surface area (Å²) in [6, 6.07) is 8.81. The molecular formula is C13H19NO. The van der Waals surface area contributed by atoms with Gasteiger partial charge in [0.2, 0.25) is 0 Å². The predicted octanol–water partition coefficient (Wildman–Crippen LogP) is 2.76. The van der Waals surface area contributed by atoms with Gasteiger partial charge < -0.3 is 10.1 Å². The van der Waals surface area contributed by atoms with Crippen LogP contribution >= 0.6 is 0 Å². The predicted molar refractivity (Wildman–Crippen MR) is 62.1 cm³/mol. The molecule has 1 aliphatic rings. The molecule has 1 aliphatic carbocycles. The van der Waals surface area contributed by atoms with Gasteiger partial charge in [0, 0.05) is 6.04 Å². The highest BCUT2D eigenvalue weighted by atomic mass is 16.5. The van der Waals surface area contributed by atoms with Crippen LogP contribution in [0.5, 0.6) is 5.75 Å². The van der Waals surface area contributed by atoms with Crippen LogP contribution in [0.1, 0.15) is 31.4 Å². The van der Waals surface area contributed by atoms with Gasteiger partial charge in [0.25, 0.3) is 0 Å². The van der Waals surface area contributed by atoms with Crippen molar-refractivity contribution < 1.29 is 4.74 Å². The second-order valence-corrected chi connectivity index (χ2v) is 4.65. The topological polar surface area (TPSA) is 21.3 Å². The SMILES string of the molecule is CNC(c1cccc(OC)c1)C1(C)CC1.